The molecule has 2 rings (SSSR count). The Kier molecular flexibility index (Phi) is 3.74. The van der Waals surface area contributed by atoms with E-state index < -0.39 is 17.2 Å². The minimum absolute atomic E-state index is 0.0230. The molecule has 0 aliphatic rings. The molecule has 0 saturated heterocycles. The van der Waals surface area contributed by atoms with Gasteiger partial charge in [-0.25, -0.2) is 8.78 Å². The van der Waals surface area contributed by atoms with Gasteiger partial charge in [-0.2, -0.15) is 4.98 Å². The Morgan fingerprint density at radius 3 is 2.74 bits per heavy atom. The third kappa shape index (κ3) is 3.05. The number of H-pyrrole nitrogens is 1. The van der Waals surface area contributed by atoms with Crippen LogP contribution in [0.3, 0.4) is 0 Å². The molecule has 19 heavy (non-hydrogen) atoms. The van der Waals surface area contributed by atoms with Crippen LogP contribution in [0.25, 0.3) is 0 Å². The lowest BCUT2D eigenvalue weighted by Gasteiger charge is -2.01. The Morgan fingerprint density at radius 1 is 1.47 bits per heavy atom. The van der Waals surface area contributed by atoms with Gasteiger partial charge in [0.2, 0.25) is 5.16 Å². The average molecular weight is 286 g/mol. The van der Waals surface area contributed by atoms with E-state index in [1.54, 1.807) is 6.92 Å². The van der Waals surface area contributed by atoms with Gasteiger partial charge in [-0.05, 0) is 30.3 Å². The highest BCUT2D eigenvalue weighted by Gasteiger charge is 2.15. The number of halogens is 2. The number of aromatic nitrogens is 3. The molecule has 0 atom stereocenters. The van der Waals surface area contributed by atoms with E-state index in [2.05, 4.69) is 15.2 Å². The molecule has 0 amide bonds. The Morgan fingerprint density at radius 2 is 2.21 bits per heavy atom. The van der Waals surface area contributed by atoms with E-state index in [1.165, 1.54) is 18.2 Å². The maximum Gasteiger partial charge on any atom is 0.296 e. The van der Waals surface area contributed by atoms with Crippen molar-refractivity contribution in [2.75, 3.05) is 0 Å². The van der Waals surface area contributed by atoms with Gasteiger partial charge in [0, 0.05) is 17.0 Å². The van der Waals surface area contributed by atoms with E-state index in [0.717, 1.165) is 11.8 Å². The number of hydrogen-bond donors (Lipinski definition) is 1. The summed E-state index contributed by atoms with van der Waals surface area (Å²) in [7, 11) is 0. The van der Waals surface area contributed by atoms with Gasteiger partial charge >= 0.3 is 0 Å². The highest BCUT2D eigenvalue weighted by atomic mass is 32.2. The number of benzene rings is 1. The Balaban J connectivity index is 2.20. The summed E-state index contributed by atoms with van der Waals surface area (Å²) >= 11 is 1.06. The molecule has 6 nitrogen and oxygen atoms in total. The van der Waals surface area contributed by atoms with Crippen molar-refractivity contribution in [2.24, 2.45) is 0 Å². The Bertz CT molecular complexity index is 617. The van der Waals surface area contributed by atoms with Crippen LogP contribution in [0.2, 0.25) is 0 Å². The van der Waals surface area contributed by atoms with Gasteiger partial charge in [0.15, 0.2) is 5.82 Å². The summed E-state index contributed by atoms with van der Waals surface area (Å²) in [4.78, 5) is 14.4. The van der Waals surface area contributed by atoms with Gasteiger partial charge in [-0.1, -0.05) is 0 Å². The van der Waals surface area contributed by atoms with Crippen molar-refractivity contribution in [3.05, 3.63) is 39.7 Å². The molecule has 2 aromatic rings. The number of nitrogens with zero attached hydrogens (tertiary/aromatic N) is 3. The first-order valence-corrected chi connectivity index (χ1v) is 5.92. The molecule has 1 N–H and O–H groups in total. The van der Waals surface area contributed by atoms with Crippen LogP contribution in [-0.2, 0) is 0 Å². The molecule has 100 valence electrons. The summed E-state index contributed by atoms with van der Waals surface area (Å²) in [6, 6.07) is 4.29. The number of aryl methyl sites for hydroxylation is 1. The summed E-state index contributed by atoms with van der Waals surface area (Å²) in [5.41, 5.74) is 0.632. The summed E-state index contributed by atoms with van der Waals surface area (Å²) in [6.07, 6.45) is -2.71. The van der Waals surface area contributed by atoms with Crippen LogP contribution in [0.15, 0.2) is 28.3 Å². The molecule has 1 heterocycles. The molecule has 0 unspecified atom stereocenters. The smallest absolute Gasteiger partial charge is 0.258 e. The van der Waals surface area contributed by atoms with Crippen LogP contribution in [0.5, 0.6) is 0 Å². The second-order valence-electron chi connectivity index (χ2n) is 3.61. The lowest BCUT2D eigenvalue weighted by atomic mass is 10.2. The molecule has 0 aliphatic heterocycles. The van der Waals surface area contributed by atoms with Gasteiger partial charge in [-0.3, -0.25) is 15.2 Å². The van der Waals surface area contributed by atoms with E-state index in [-0.39, 0.29) is 10.8 Å². The number of nitro groups is 1. The molecule has 0 radical (unpaired) electrons. The first-order chi connectivity index (χ1) is 8.97. The third-order valence-corrected chi connectivity index (χ3v) is 3.30. The largest absolute Gasteiger partial charge is 0.296 e. The number of rotatable bonds is 4. The summed E-state index contributed by atoms with van der Waals surface area (Å²) in [6.45, 7) is 1.69. The monoisotopic (exact) mass is 286 g/mol. The molecule has 1 aromatic heterocycles. The summed E-state index contributed by atoms with van der Waals surface area (Å²) < 4.78 is 24.6. The third-order valence-electron chi connectivity index (χ3n) is 2.26. The zero-order chi connectivity index (χ0) is 14.0. The Hall–Kier alpha value is -2.03. The van der Waals surface area contributed by atoms with Gasteiger partial charge < -0.3 is 0 Å². The average Bonchev–Trinajstić information content (AvgIpc) is 2.80. The van der Waals surface area contributed by atoms with E-state index in [0.29, 0.717) is 10.5 Å². The molecular weight excluding hydrogens is 278 g/mol. The van der Waals surface area contributed by atoms with Gasteiger partial charge in [0.1, 0.15) is 0 Å². The van der Waals surface area contributed by atoms with Crippen LogP contribution in [0.4, 0.5) is 14.5 Å². The molecule has 0 bridgehead atoms. The lowest BCUT2D eigenvalue weighted by Crippen LogP contribution is -1.90. The van der Waals surface area contributed by atoms with E-state index in [1.807, 2.05) is 0 Å². The molecule has 0 spiro atoms. The topological polar surface area (TPSA) is 84.7 Å². The van der Waals surface area contributed by atoms with Crippen molar-refractivity contribution in [2.45, 2.75) is 23.4 Å². The fraction of sp³-hybridized carbons (Fsp3) is 0.200. The maximum absolute atomic E-state index is 12.3. The Labute approximate surface area is 110 Å². The standard InChI is InChI=1S/C10H8F2N4O2S/c1-5-4-6(16(17)18)2-3-7(5)19-10-13-9(8(11)12)14-15-10/h2-4,8H,1H3,(H,13,14,15). The SMILES string of the molecule is Cc1cc([N+](=O)[O-])ccc1Sc1n[nH]c(C(F)F)n1. The lowest BCUT2D eigenvalue weighted by molar-refractivity contribution is -0.385. The predicted octanol–water partition coefficient (Wildman–Crippen LogP) is 3.11. The quantitative estimate of drug-likeness (QED) is 0.689. The van der Waals surface area contributed by atoms with Crippen LogP contribution in [0.1, 0.15) is 17.8 Å². The van der Waals surface area contributed by atoms with Crippen molar-refractivity contribution < 1.29 is 13.7 Å². The zero-order valence-corrected chi connectivity index (χ0v) is 10.4. The van der Waals surface area contributed by atoms with Crippen molar-refractivity contribution in [1.29, 1.82) is 0 Å². The van der Waals surface area contributed by atoms with Gasteiger partial charge in [-0.15, -0.1) is 5.10 Å². The molecule has 9 heteroatoms. The number of non-ortho nitro benzene ring substituents is 1. The normalized spacial score (nSPS) is 10.9. The predicted molar refractivity (Wildman–Crippen MR) is 63.3 cm³/mol. The van der Waals surface area contributed by atoms with Gasteiger partial charge in [0.25, 0.3) is 12.1 Å². The first kappa shape index (κ1) is 13.4. The van der Waals surface area contributed by atoms with E-state index in [9.17, 15) is 18.9 Å². The van der Waals surface area contributed by atoms with Crippen LogP contribution >= 0.6 is 11.8 Å². The van der Waals surface area contributed by atoms with Crippen molar-refractivity contribution in [3.63, 3.8) is 0 Å². The van der Waals surface area contributed by atoms with Crippen molar-refractivity contribution >= 4 is 17.4 Å². The molecular formula is C10H8F2N4O2S. The van der Waals surface area contributed by atoms with Gasteiger partial charge in [0.05, 0.1) is 4.92 Å². The molecule has 0 saturated carbocycles. The van der Waals surface area contributed by atoms with E-state index in [4.69, 9.17) is 0 Å². The summed E-state index contributed by atoms with van der Waals surface area (Å²) in [5, 5.41) is 16.5. The minimum Gasteiger partial charge on any atom is -0.258 e. The fourth-order valence-electron chi connectivity index (χ4n) is 1.36. The van der Waals surface area contributed by atoms with Crippen LogP contribution in [0, 0.1) is 17.0 Å². The summed E-state index contributed by atoms with van der Waals surface area (Å²) in [5.74, 6) is -0.498. The fourth-order valence-corrected chi connectivity index (χ4v) is 2.15. The number of hydrogen-bond acceptors (Lipinski definition) is 5. The minimum atomic E-state index is -2.71. The van der Waals surface area contributed by atoms with E-state index >= 15 is 0 Å². The highest BCUT2D eigenvalue weighted by molar-refractivity contribution is 7.99. The first-order valence-electron chi connectivity index (χ1n) is 5.10. The highest BCUT2D eigenvalue weighted by Crippen LogP contribution is 2.30. The second-order valence-corrected chi connectivity index (χ2v) is 4.62. The number of nitrogens with one attached hydrogen (secondary N) is 1. The molecule has 1 aromatic carbocycles. The molecule has 0 aliphatic carbocycles. The number of aromatic amines is 1. The van der Waals surface area contributed by atoms with Crippen LogP contribution < -0.4 is 0 Å². The van der Waals surface area contributed by atoms with Crippen LogP contribution in [-0.4, -0.2) is 20.1 Å². The van der Waals surface area contributed by atoms with Crippen molar-refractivity contribution in [1.82, 2.24) is 15.2 Å². The number of nitro benzene ring substituents is 1. The number of alkyl halides is 2. The maximum atomic E-state index is 12.3. The van der Waals surface area contributed by atoms with Crippen molar-refractivity contribution in [3.8, 4) is 0 Å². The second kappa shape index (κ2) is 5.31. The zero-order valence-electron chi connectivity index (χ0n) is 9.63. The molecule has 0 fully saturated rings.